The van der Waals surface area contributed by atoms with Crippen molar-refractivity contribution in [3.63, 3.8) is 0 Å². The SMILES string of the molecule is CC(=O)N1CCc2c(cnn2-c2cc(C(=O)O)ccc2Cl)C1. The summed E-state index contributed by atoms with van der Waals surface area (Å²) in [5.41, 5.74) is 2.61. The molecule has 22 heavy (non-hydrogen) atoms. The molecule has 0 atom stereocenters. The summed E-state index contributed by atoms with van der Waals surface area (Å²) in [7, 11) is 0. The van der Waals surface area contributed by atoms with E-state index in [-0.39, 0.29) is 11.5 Å². The molecule has 0 radical (unpaired) electrons. The van der Waals surface area contributed by atoms with Crippen LogP contribution in [0.4, 0.5) is 0 Å². The van der Waals surface area contributed by atoms with Crippen LogP contribution in [0.1, 0.15) is 28.5 Å². The number of rotatable bonds is 2. The van der Waals surface area contributed by atoms with Gasteiger partial charge in [-0.3, -0.25) is 4.79 Å². The van der Waals surface area contributed by atoms with Crippen molar-refractivity contribution in [3.05, 3.63) is 46.2 Å². The fraction of sp³-hybridized carbons (Fsp3) is 0.267. The third kappa shape index (κ3) is 2.46. The number of aromatic nitrogens is 2. The molecule has 0 unspecified atom stereocenters. The van der Waals surface area contributed by atoms with E-state index in [9.17, 15) is 9.59 Å². The van der Waals surface area contributed by atoms with Crippen molar-refractivity contribution in [1.29, 1.82) is 0 Å². The Labute approximate surface area is 131 Å². The number of aromatic carboxylic acids is 1. The Morgan fingerprint density at radius 3 is 2.82 bits per heavy atom. The lowest BCUT2D eigenvalue weighted by molar-refractivity contribution is -0.129. The molecule has 2 aromatic rings. The van der Waals surface area contributed by atoms with Crippen LogP contribution in [0.5, 0.6) is 0 Å². The Morgan fingerprint density at radius 2 is 2.14 bits per heavy atom. The van der Waals surface area contributed by atoms with Gasteiger partial charge in [0.25, 0.3) is 0 Å². The van der Waals surface area contributed by atoms with Crippen molar-refractivity contribution in [1.82, 2.24) is 14.7 Å². The summed E-state index contributed by atoms with van der Waals surface area (Å²) < 4.78 is 1.67. The van der Waals surface area contributed by atoms with Crippen LogP contribution in [0.15, 0.2) is 24.4 Å². The fourth-order valence-electron chi connectivity index (χ4n) is 2.62. The number of hydrogen-bond acceptors (Lipinski definition) is 3. The molecule has 0 saturated carbocycles. The second-order valence-electron chi connectivity index (χ2n) is 5.19. The monoisotopic (exact) mass is 319 g/mol. The largest absolute Gasteiger partial charge is 0.478 e. The maximum Gasteiger partial charge on any atom is 0.335 e. The first-order valence-corrected chi connectivity index (χ1v) is 7.19. The summed E-state index contributed by atoms with van der Waals surface area (Å²) in [6.45, 7) is 2.67. The van der Waals surface area contributed by atoms with Crippen molar-refractivity contribution in [3.8, 4) is 5.69 Å². The van der Waals surface area contributed by atoms with Gasteiger partial charge in [-0.2, -0.15) is 5.10 Å². The standard InChI is InChI=1S/C15H14ClN3O3/c1-9(20)18-5-4-13-11(8-18)7-17-19(13)14-6-10(15(21)22)2-3-12(14)16/h2-3,6-7H,4-5,8H2,1H3,(H,21,22). The predicted molar refractivity (Wildman–Crippen MR) is 80.3 cm³/mol. The molecule has 1 aromatic heterocycles. The summed E-state index contributed by atoms with van der Waals surface area (Å²) in [6.07, 6.45) is 2.36. The van der Waals surface area contributed by atoms with Crippen LogP contribution in [-0.2, 0) is 17.8 Å². The molecule has 0 aliphatic carbocycles. The Bertz CT molecular complexity index is 769. The number of fused-ring (bicyclic) bond motifs is 1. The van der Waals surface area contributed by atoms with Gasteiger partial charge in [-0.1, -0.05) is 11.6 Å². The maximum absolute atomic E-state index is 11.5. The number of halogens is 1. The molecule has 1 aliphatic rings. The van der Waals surface area contributed by atoms with Gasteiger partial charge in [0.05, 0.1) is 28.2 Å². The molecule has 3 rings (SSSR count). The number of amides is 1. The second kappa shape index (κ2) is 5.46. The highest BCUT2D eigenvalue weighted by atomic mass is 35.5. The molecule has 0 spiro atoms. The fourth-order valence-corrected chi connectivity index (χ4v) is 2.81. The van der Waals surface area contributed by atoms with Gasteiger partial charge in [-0.05, 0) is 18.2 Å². The highest BCUT2D eigenvalue weighted by molar-refractivity contribution is 6.32. The molecule has 114 valence electrons. The lowest BCUT2D eigenvalue weighted by Crippen LogP contribution is -2.34. The van der Waals surface area contributed by atoms with E-state index >= 15 is 0 Å². The van der Waals surface area contributed by atoms with E-state index in [1.165, 1.54) is 12.1 Å². The van der Waals surface area contributed by atoms with Crippen molar-refractivity contribution < 1.29 is 14.7 Å². The first-order chi connectivity index (χ1) is 10.5. The highest BCUT2D eigenvalue weighted by Gasteiger charge is 2.23. The number of carbonyl (C=O) groups is 2. The summed E-state index contributed by atoms with van der Waals surface area (Å²) in [6, 6.07) is 4.52. The molecule has 1 aromatic carbocycles. The molecular formula is C15H14ClN3O3. The minimum absolute atomic E-state index is 0.0318. The van der Waals surface area contributed by atoms with Crippen LogP contribution < -0.4 is 0 Å². The number of nitrogens with zero attached hydrogens (tertiary/aromatic N) is 3. The van der Waals surface area contributed by atoms with Gasteiger partial charge >= 0.3 is 5.97 Å². The van der Waals surface area contributed by atoms with Gasteiger partial charge < -0.3 is 10.0 Å². The van der Waals surface area contributed by atoms with Crippen molar-refractivity contribution in [2.24, 2.45) is 0 Å². The topological polar surface area (TPSA) is 75.4 Å². The average Bonchev–Trinajstić information content (AvgIpc) is 2.90. The lowest BCUT2D eigenvalue weighted by Gasteiger charge is -2.26. The number of carboxylic acid groups (broad SMARTS) is 1. The maximum atomic E-state index is 11.5. The first kappa shape index (κ1) is 14.6. The molecule has 1 N–H and O–H groups in total. The third-order valence-corrected chi connectivity index (χ3v) is 4.12. The van der Waals surface area contributed by atoms with Crippen molar-refractivity contribution >= 4 is 23.5 Å². The molecule has 0 bridgehead atoms. The molecule has 7 heteroatoms. The molecular weight excluding hydrogens is 306 g/mol. The van der Waals surface area contributed by atoms with Crippen molar-refractivity contribution in [2.75, 3.05) is 6.54 Å². The molecule has 2 heterocycles. The quantitative estimate of drug-likeness (QED) is 0.920. The Kier molecular flexibility index (Phi) is 3.62. The Hall–Kier alpha value is -2.34. The highest BCUT2D eigenvalue weighted by Crippen LogP contribution is 2.27. The van der Waals surface area contributed by atoms with E-state index in [0.29, 0.717) is 30.2 Å². The zero-order valence-corrected chi connectivity index (χ0v) is 12.7. The smallest absolute Gasteiger partial charge is 0.335 e. The van der Waals surface area contributed by atoms with E-state index in [1.54, 1.807) is 28.8 Å². The van der Waals surface area contributed by atoms with E-state index in [0.717, 1.165) is 11.3 Å². The van der Waals surface area contributed by atoms with Gasteiger partial charge in [0.15, 0.2) is 0 Å². The van der Waals surface area contributed by atoms with Crippen molar-refractivity contribution in [2.45, 2.75) is 19.9 Å². The van der Waals surface area contributed by atoms with Crippen LogP contribution in [0.25, 0.3) is 5.69 Å². The van der Waals surface area contributed by atoms with E-state index < -0.39 is 5.97 Å². The van der Waals surface area contributed by atoms with Gasteiger partial charge in [-0.25, -0.2) is 9.48 Å². The summed E-state index contributed by atoms with van der Waals surface area (Å²) in [5, 5.41) is 13.9. The lowest BCUT2D eigenvalue weighted by atomic mass is 10.1. The summed E-state index contributed by atoms with van der Waals surface area (Å²) >= 11 is 6.20. The minimum atomic E-state index is -1.01. The third-order valence-electron chi connectivity index (χ3n) is 3.80. The normalized spacial score (nSPS) is 13.8. The molecule has 0 saturated heterocycles. The van der Waals surface area contributed by atoms with E-state index in [2.05, 4.69) is 5.10 Å². The van der Waals surface area contributed by atoms with Crippen LogP contribution >= 0.6 is 11.6 Å². The molecule has 1 aliphatic heterocycles. The minimum Gasteiger partial charge on any atom is -0.478 e. The summed E-state index contributed by atoms with van der Waals surface area (Å²) in [4.78, 5) is 24.3. The van der Waals surface area contributed by atoms with Crippen LogP contribution in [0, 0.1) is 0 Å². The number of hydrogen-bond donors (Lipinski definition) is 1. The van der Waals surface area contributed by atoms with E-state index in [4.69, 9.17) is 16.7 Å². The van der Waals surface area contributed by atoms with E-state index in [1.807, 2.05) is 0 Å². The van der Waals surface area contributed by atoms with Crippen LogP contribution in [0.3, 0.4) is 0 Å². The van der Waals surface area contributed by atoms with Gasteiger partial charge in [0.2, 0.25) is 5.91 Å². The molecule has 0 fully saturated rings. The Morgan fingerprint density at radius 1 is 1.36 bits per heavy atom. The average molecular weight is 320 g/mol. The molecule has 6 nitrogen and oxygen atoms in total. The Balaban J connectivity index is 2.03. The van der Waals surface area contributed by atoms with Crippen LogP contribution in [0.2, 0.25) is 5.02 Å². The van der Waals surface area contributed by atoms with Gasteiger partial charge in [0, 0.05) is 32.0 Å². The van der Waals surface area contributed by atoms with Gasteiger partial charge in [0.1, 0.15) is 0 Å². The molecule has 1 amide bonds. The number of benzene rings is 1. The zero-order chi connectivity index (χ0) is 15.9. The zero-order valence-electron chi connectivity index (χ0n) is 11.9. The first-order valence-electron chi connectivity index (χ1n) is 6.82. The number of carbonyl (C=O) groups excluding carboxylic acids is 1. The van der Waals surface area contributed by atoms with Crippen LogP contribution in [-0.4, -0.2) is 38.2 Å². The van der Waals surface area contributed by atoms with Gasteiger partial charge in [-0.15, -0.1) is 0 Å². The second-order valence-corrected chi connectivity index (χ2v) is 5.60. The number of carboxylic acids is 1. The predicted octanol–water partition coefficient (Wildman–Crippen LogP) is 2.13. The summed E-state index contributed by atoms with van der Waals surface area (Å²) in [5.74, 6) is -0.981.